The fourth-order valence-corrected chi connectivity index (χ4v) is 3.20. The first-order valence-corrected chi connectivity index (χ1v) is 8.08. The van der Waals surface area contributed by atoms with E-state index in [1.54, 1.807) is 4.68 Å². The number of benzene rings is 1. The molecule has 1 amide bonds. The molecule has 0 spiro atoms. The molecule has 7 nitrogen and oxygen atoms in total. The van der Waals surface area contributed by atoms with Crippen LogP contribution in [0.25, 0.3) is 0 Å². The summed E-state index contributed by atoms with van der Waals surface area (Å²) < 4.78 is 7.63. The van der Waals surface area contributed by atoms with Gasteiger partial charge in [0.15, 0.2) is 5.82 Å². The molecule has 23 heavy (non-hydrogen) atoms. The van der Waals surface area contributed by atoms with Gasteiger partial charge < -0.3 is 9.64 Å². The van der Waals surface area contributed by atoms with Crippen molar-refractivity contribution in [3.63, 3.8) is 0 Å². The summed E-state index contributed by atoms with van der Waals surface area (Å²) in [7, 11) is 0. The Morgan fingerprint density at radius 1 is 1.17 bits per heavy atom. The molecule has 1 aromatic carbocycles. The van der Waals surface area contributed by atoms with Crippen molar-refractivity contribution < 1.29 is 9.53 Å². The first kappa shape index (κ1) is 14.2. The zero-order valence-electron chi connectivity index (χ0n) is 12.8. The Kier molecular flexibility index (Phi) is 3.69. The fourth-order valence-electron chi connectivity index (χ4n) is 3.20. The number of aromatic nitrogens is 4. The zero-order valence-corrected chi connectivity index (χ0v) is 12.8. The molecule has 1 aromatic heterocycles. The number of hydrogen-bond donors (Lipinski definition) is 0. The van der Waals surface area contributed by atoms with Crippen LogP contribution in [-0.2, 0) is 11.3 Å². The topological polar surface area (TPSA) is 73.1 Å². The van der Waals surface area contributed by atoms with E-state index in [1.165, 1.54) is 0 Å². The molecule has 0 N–H and O–H groups in total. The number of rotatable bonds is 3. The lowest BCUT2D eigenvalue weighted by molar-refractivity contribution is -0.142. The minimum Gasteiger partial charge on any atom is -0.487 e. The van der Waals surface area contributed by atoms with Crippen molar-refractivity contribution in [3.8, 4) is 5.75 Å². The molecule has 2 aliphatic rings. The minimum absolute atomic E-state index is 0.0723. The van der Waals surface area contributed by atoms with Gasteiger partial charge in [-0.25, -0.2) is 4.68 Å². The van der Waals surface area contributed by atoms with Crippen molar-refractivity contribution in [2.45, 2.75) is 37.8 Å². The zero-order chi connectivity index (χ0) is 15.6. The highest BCUT2D eigenvalue weighted by Crippen LogP contribution is 2.28. The molecular weight excluding hydrogens is 294 g/mol. The molecule has 2 aromatic rings. The van der Waals surface area contributed by atoms with E-state index in [2.05, 4.69) is 15.5 Å². The van der Waals surface area contributed by atoms with Crippen LogP contribution in [-0.4, -0.2) is 50.2 Å². The van der Waals surface area contributed by atoms with E-state index in [0.717, 1.165) is 31.6 Å². The summed E-state index contributed by atoms with van der Waals surface area (Å²) in [6, 6.07) is 9.72. The third-order valence-electron chi connectivity index (χ3n) is 4.49. The van der Waals surface area contributed by atoms with Gasteiger partial charge in [0.25, 0.3) is 0 Å². The monoisotopic (exact) mass is 313 g/mol. The number of likely N-dealkylation sites (tertiary alicyclic amines) is 1. The minimum atomic E-state index is -0.217. The van der Waals surface area contributed by atoms with Crippen molar-refractivity contribution >= 4 is 5.91 Å². The molecule has 4 rings (SSSR count). The smallest absolute Gasteiger partial charge is 0.233 e. The van der Waals surface area contributed by atoms with Gasteiger partial charge in [-0.1, -0.05) is 24.6 Å². The van der Waals surface area contributed by atoms with Crippen molar-refractivity contribution in [1.82, 2.24) is 25.1 Å². The highest BCUT2D eigenvalue weighted by Gasteiger charge is 2.38. The Labute approximate surface area is 134 Å². The molecule has 1 saturated heterocycles. The largest absolute Gasteiger partial charge is 0.487 e. The maximum absolute atomic E-state index is 12.8. The van der Waals surface area contributed by atoms with Crippen molar-refractivity contribution in [1.29, 1.82) is 0 Å². The molecule has 1 atom stereocenters. The molecule has 0 saturated carbocycles. The average molecular weight is 313 g/mol. The molecule has 7 heteroatoms. The molecular formula is C16H19N5O2. The maximum atomic E-state index is 12.8. The number of tetrazole rings is 1. The third kappa shape index (κ3) is 2.78. The average Bonchev–Trinajstić information content (AvgIpc) is 2.90. The van der Waals surface area contributed by atoms with Crippen LogP contribution >= 0.6 is 0 Å². The first-order valence-electron chi connectivity index (χ1n) is 8.08. The number of para-hydroxylation sites is 1. The Hall–Kier alpha value is -2.44. The van der Waals surface area contributed by atoms with Crippen LogP contribution in [0.5, 0.6) is 5.75 Å². The van der Waals surface area contributed by atoms with Gasteiger partial charge in [-0.15, -0.1) is 5.10 Å². The Morgan fingerprint density at radius 3 is 2.83 bits per heavy atom. The van der Waals surface area contributed by atoms with Gasteiger partial charge in [-0.05, 0) is 35.4 Å². The van der Waals surface area contributed by atoms with Crippen LogP contribution in [0.2, 0.25) is 0 Å². The van der Waals surface area contributed by atoms with Gasteiger partial charge in [0.05, 0.1) is 19.0 Å². The molecule has 0 radical (unpaired) electrons. The van der Waals surface area contributed by atoms with Crippen molar-refractivity contribution in [3.05, 3.63) is 36.2 Å². The van der Waals surface area contributed by atoms with Crippen LogP contribution in [0.4, 0.5) is 0 Å². The number of ether oxygens (including phenoxy) is 1. The lowest BCUT2D eigenvalue weighted by Crippen LogP contribution is -2.57. The fraction of sp³-hybridized carbons (Fsp3) is 0.500. The van der Waals surface area contributed by atoms with E-state index in [0.29, 0.717) is 18.9 Å². The summed E-state index contributed by atoms with van der Waals surface area (Å²) >= 11 is 0. The van der Waals surface area contributed by atoms with Crippen LogP contribution in [0.1, 0.15) is 31.0 Å². The van der Waals surface area contributed by atoms with E-state index >= 15 is 0 Å². The van der Waals surface area contributed by atoms with Gasteiger partial charge in [-0.2, -0.15) is 0 Å². The SMILES string of the molecule is O=C([C@@H]1CCCCn2nnnc21)N1CC(Oc2ccccc2)C1. The van der Waals surface area contributed by atoms with Gasteiger partial charge >= 0.3 is 0 Å². The Bertz CT molecular complexity index is 681. The predicted molar refractivity (Wildman–Crippen MR) is 81.8 cm³/mol. The van der Waals surface area contributed by atoms with Crippen molar-refractivity contribution in [2.75, 3.05) is 13.1 Å². The van der Waals surface area contributed by atoms with E-state index in [9.17, 15) is 4.79 Å². The number of carbonyl (C=O) groups excluding carboxylic acids is 1. The van der Waals surface area contributed by atoms with Crippen LogP contribution in [0, 0.1) is 0 Å². The molecule has 0 unspecified atom stereocenters. The maximum Gasteiger partial charge on any atom is 0.233 e. The quantitative estimate of drug-likeness (QED) is 0.852. The molecule has 0 bridgehead atoms. The molecule has 0 aliphatic carbocycles. The normalized spacial score (nSPS) is 21.2. The Balaban J connectivity index is 1.38. The molecule has 1 fully saturated rings. The van der Waals surface area contributed by atoms with Crippen molar-refractivity contribution in [2.24, 2.45) is 0 Å². The van der Waals surface area contributed by atoms with Gasteiger partial charge in [0.1, 0.15) is 11.9 Å². The van der Waals surface area contributed by atoms with Crippen LogP contribution in [0.15, 0.2) is 30.3 Å². The summed E-state index contributed by atoms with van der Waals surface area (Å²) in [4.78, 5) is 14.6. The third-order valence-corrected chi connectivity index (χ3v) is 4.49. The van der Waals surface area contributed by atoms with Crippen LogP contribution in [0.3, 0.4) is 0 Å². The van der Waals surface area contributed by atoms with Crippen LogP contribution < -0.4 is 4.74 Å². The van der Waals surface area contributed by atoms with E-state index in [-0.39, 0.29) is 17.9 Å². The number of nitrogens with zero attached hydrogens (tertiary/aromatic N) is 5. The summed E-state index contributed by atoms with van der Waals surface area (Å²) in [6.07, 6.45) is 2.92. The number of hydrogen-bond acceptors (Lipinski definition) is 5. The molecule has 2 aliphatic heterocycles. The summed E-state index contributed by atoms with van der Waals surface area (Å²) in [5.41, 5.74) is 0. The second kappa shape index (κ2) is 5.98. The van der Waals surface area contributed by atoms with Gasteiger partial charge in [0, 0.05) is 6.54 Å². The summed E-state index contributed by atoms with van der Waals surface area (Å²) in [5, 5.41) is 11.8. The number of aryl methyl sites for hydroxylation is 1. The predicted octanol–water partition coefficient (Wildman–Crippen LogP) is 1.23. The lowest BCUT2D eigenvalue weighted by atomic mass is 9.98. The number of carbonyl (C=O) groups is 1. The standard InChI is InChI=1S/C16H19N5O2/c22-16(14-8-4-5-9-21-15(14)17-18-19-21)20-10-13(11-20)23-12-6-2-1-3-7-12/h1-3,6-7,13-14H,4-5,8-11H2/t14-/m1/s1. The number of fused-ring (bicyclic) bond motifs is 1. The highest BCUT2D eigenvalue weighted by atomic mass is 16.5. The summed E-state index contributed by atoms with van der Waals surface area (Å²) in [5.74, 6) is 1.46. The second-order valence-electron chi connectivity index (χ2n) is 6.10. The molecule has 120 valence electrons. The summed E-state index contributed by atoms with van der Waals surface area (Å²) in [6.45, 7) is 2.06. The number of amides is 1. The van der Waals surface area contributed by atoms with E-state index in [4.69, 9.17) is 4.74 Å². The second-order valence-corrected chi connectivity index (χ2v) is 6.10. The highest BCUT2D eigenvalue weighted by molar-refractivity contribution is 5.83. The lowest BCUT2D eigenvalue weighted by Gasteiger charge is -2.40. The first-order chi connectivity index (χ1) is 11.3. The van der Waals surface area contributed by atoms with E-state index in [1.807, 2.05) is 35.2 Å². The van der Waals surface area contributed by atoms with Gasteiger partial charge in [-0.3, -0.25) is 4.79 Å². The molecule has 3 heterocycles. The van der Waals surface area contributed by atoms with E-state index < -0.39 is 0 Å². The van der Waals surface area contributed by atoms with Gasteiger partial charge in [0.2, 0.25) is 5.91 Å². The Morgan fingerprint density at radius 2 is 2.00 bits per heavy atom.